The molecule has 0 bridgehead atoms. The minimum atomic E-state index is -0.118. The Kier molecular flexibility index (Phi) is 9.70. The van der Waals surface area contributed by atoms with Crippen LogP contribution in [0.25, 0.3) is 11.1 Å². The van der Waals surface area contributed by atoms with Gasteiger partial charge in [-0.3, -0.25) is 9.59 Å². The summed E-state index contributed by atoms with van der Waals surface area (Å²) < 4.78 is 5.56. The average molecular weight is 561 g/mol. The summed E-state index contributed by atoms with van der Waals surface area (Å²) in [4.78, 5) is 29.0. The van der Waals surface area contributed by atoms with Gasteiger partial charge in [0.1, 0.15) is 5.75 Å². The van der Waals surface area contributed by atoms with E-state index in [9.17, 15) is 9.59 Å². The Balaban J connectivity index is 1.24. The first-order valence-corrected chi connectivity index (χ1v) is 15.0. The van der Waals surface area contributed by atoms with Crippen LogP contribution < -0.4 is 15.0 Å². The highest BCUT2D eigenvalue weighted by atomic mass is 16.5. The van der Waals surface area contributed by atoms with Crippen LogP contribution in [-0.4, -0.2) is 38.4 Å². The topological polar surface area (TPSA) is 58.6 Å². The van der Waals surface area contributed by atoms with Gasteiger partial charge < -0.3 is 15.0 Å². The van der Waals surface area contributed by atoms with Crippen molar-refractivity contribution in [3.63, 3.8) is 0 Å². The molecule has 1 saturated heterocycles. The molecule has 1 atom stereocenters. The molecule has 1 amide bonds. The normalized spacial score (nSPS) is 14.3. The molecule has 4 aromatic rings. The molecule has 5 heteroatoms. The molecule has 1 heterocycles. The Morgan fingerprint density at radius 2 is 1.48 bits per heavy atom. The lowest BCUT2D eigenvalue weighted by Gasteiger charge is -2.37. The first-order valence-electron chi connectivity index (χ1n) is 15.0. The second kappa shape index (κ2) is 14.0. The van der Waals surface area contributed by atoms with Crippen molar-refractivity contribution in [1.29, 1.82) is 0 Å². The third-order valence-electron chi connectivity index (χ3n) is 8.29. The number of anilines is 1. The number of para-hydroxylation sites is 1. The van der Waals surface area contributed by atoms with Crippen molar-refractivity contribution in [2.45, 2.75) is 38.5 Å². The van der Waals surface area contributed by atoms with Crippen LogP contribution in [0.2, 0.25) is 0 Å². The number of ketones is 1. The number of carbonyl (C=O) groups is 2. The van der Waals surface area contributed by atoms with Gasteiger partial charge in [-0.25, -0.2) is 0 Å². The van der Waals surface area contributed by atoms with Crippen LogP contribution in [0.5, 0.6) is 5.75 Å². The Labute approximate surface area is 249 Å². The number of hydrogen-bond acceptors (Lipinski definition) is 4. The summed E-state index contributed by atoms with van der Waals surface area (Å²) >= 11 is 0. The Morgan fingerprint density at radius 3 is 2.17 bits per heavy atom. The average Bonchev–Trinajstić information content (AvgIpc) is 3.05. The van der Waals surface area contributed by atoms with Gasteiger partial charge in [-0.1, -0.05) is 91.9 Å². The van der Waals surface area contributed by atoms with Gasteiger partial charge in [0.15, 0.2) is 5.78 Å². The molecule has 42 heavy (non-hydrogen) atoms. The number of ether oxygens (including phenoxy) is 1. The lowest BCUT2D eigenvalue weighted by atomic mass is 9.79. The number of piperidine rings is 1. The van der Waals surface area contributed by atoms with Gasteiger partial charge in [-0.15, -0.1) is 0 Å². The zero-order chi connectivity index (χ0) is 29.3. The van der Waals surface area contributed by atoms with Crippen LogP contribution in [0, 0.1) is 5.92 Å². The number of Topliss-reactive ketones (excluding diaryl/α,β-unsaturated/α-hetero) is 1. The van der Waals surface area contributed by atoms with E-state index in [-0.39, 0.29) is 17.6 Å². The predicted molar refractivity (Wildman–Crippen MR) is 170 cm³/mol. The molecule has 216 valence electrons. The molecule has 4 aromatic carbocycles. The molecule has 0 aliphatic carbocycles. The summed E-state index contributed by atoms with van der Waals surface area (Å²) in [5.41, 5.74) is 5.75. The standard InChI is InChI=1S/C37H40N2O3/c1-3-23-38-37(41)36(28-11-5-4-6-12-28)29-21-24-39(25-22-29)30-19-17-27(18-20-30)26-34(40)32-14-8-7-13-31(32)33-15-9-10-16-35(33)42-2/h4-20,29,36H,3,21-26H2,1-2H3,(H,38,41). The molecule has 1 unspecified atom stereocenters. The van der Waals surface area contributed by atoms with Crippen molar-refractivity contribution in [3.05, 3.63) is 120 Å². The van der Waals surface area contributed by atoms with Gasteiger partial charge in [-0.05, 0) is 60.1 Å². The Bertz CT molecular complexity index is 1470. The number of amides is 1. The maximum Gasteiger partial charge on any atom is 0.227 e. The van der Waals surface area contributed by atoms with E-state index in [1.165, 1.54) is 0 Å². The van der Waals surface area contributed by atoms with Crippen molar-refractivity contribution in [3.8, 4) is 16.9 Å². The number of nitrogens with one attached hydrogen (secondary N) is 1. The summed E-state index contributed by atoms with van der Waals surface area (Å²) in [6.07, 6.45) is 3.18. The van der Waals surface area contributed by atoms with Crippen molar-refractivity contribution in [1.82, 2.24) is 5.32 Å². The zero-order valence-electron chi connectivity index (χ0n) is 24.6. The largest absolute Gasteiger partial charge is 0.496 e. The lowest BCUT2D eigenvalue weighted by Crippen LogP contribution is -2.40. The summed E-state index contributed by atoms with van der Waals surface area (Å²) in [5.74, 6) is 1.16. The van der Waals surface area contributed by atoms with Crippen LogP contribution in [-0.2, 0) is 11.2 Å². The minimum Gasteiger partial charge on any atom is -0.496 e. The first-order chi connectivity index (χ1) is 20.6. The fourth-order valence-electron chi connectivity index (χ4n) is 6.08. The van der Waals surface area contributed by atoms with Crippen LogP contribution in [0.4, 0.5) is 5.69 Å². The highest BCUT2D eigenvalue weighted by Gasteiger charge is 2.32. The smallest absolute Gasteiger partial charge is 0.227 e. The highest BCUT2D eigenvalue weighted by Crippen LogP contribution is 2.35. The van der Waals surface area contributed by atoms with E-state index < -0.39 is 0 Å². The summed E-state index contributed by atoms with van der Waals surface area (Å²) in [6.45, 7) is 4.60. The van der Waals surface area contributed by atoms with Crippen molar-refractivity contribution >= 4 is 17.4 Å². The van der Waals surface area contributed by atoms with E-state index in [4.69, 9.17) is 4.74 Å². The van der Waals surface area contributed by atoms with Crippen LogP contribution in [0.1, 0.15) is 53.6 Å². The van der Waals surface area contributed by atoms with Gasteiger partial charge in [0.05, 0.1) is 13.0 Å². The molecule has 0 spiro atoms. The maximum absolute atomic E-state index is 13.4. The molecular weight excluding hydrogens is 520 g/mol. The van der Waals surface area contributed by atoms with Gasteiger partial charge >= 0.3 is 0 Å². The van der Waals surface area contributed by atoms with Crippen LogP contribution >= 0.6 is 0 Å². The number of carbonyl (C=O) groups excluding carboxylic acids is 2. The van der Waals surface area contributed by atoms with Crippen molar-refractivity contribution < 1.29 is 14.3 Å². The van der Waals surface area contributed by atoms with Gasteiger partial charge in [0.2, 0.25) is 5.91 Å². The third kappa shape index (κ3) is 6.73. The second-order valence-corrected chi connectivity index (χ2v) is 11.0. The van der Waals surface area contributed by atoms with E-state index in [1.54, 1.807) is 7.11 Å². The molecule has 5 nitrogen and oxygen atoms in total. The van der Waals surface area contributed by atoms with Crippen LogP contribution in [0.15, 0.2) is 103 Å². The molecule has 1 aliphatic heterocycles. The van der Waals surface area contributed by atoms with Crippen molar-refractivity contribution in [2.24, 2.45) is 5.92 Å². The second-order valence-electron chi connectivity index (χ2n) is 11.0. The molecule has 1 N–H and O–H groups in total. The van der Waals surface area contributed by atoms with Gasteiger partial charge in [-0.2, -0.15) is 0 Å². The zero-order valence-corrected chi connectivity index (χ0v) is 24.6. The fourth-order valence-corrected chi connectivity index (χ4v) is 6.08. The van der Waals surface area contributed by atoms with E-state index in [0.29, 0.717) is 24.4 Å². The number of methoxy groups -OCH3 is 1. The molecule has 1 aliphatic rings. The third-order valence-corrected chi connectivity index (χ3v) is 8.29. The summed E-state index contributed by atoms with van der Waals surface area (Å²) in [7, 11) is 1.65. The van der Waals surface area contributed by atoms with Crippen molar-refractivity contribution in [2.75, 3.05) is 31.6 Å². The quantitative estimate of drug-likeness (QED) is 0.195. The number of nitrogens with zero attached hydrogens (tertiary/aromatic N) is 1. The molecule has 0 radical (unpaired) electrons. The van der Waals surface area contributed by atoms with Gasteiger partial charge in [0, 0.05) is 42.9 Å². The minimum absolute atomic E-state index is 0.0818. The number of hydrogen-bond donors (Lipinski definition) is 1. The van der Waals surface area contributed by atoms with E-state index in [0.717, 1.165) is 66.0 Å². The van der Waals surface area contributed by atoms with Crippen LogP contribution in [0.3, 0.4) is 0 Å². The number of benzene rings is 4. The monoisotopic (exact) mass is 560 g/mol. The first kappa shape index (κ1) is 29.1. The van der Waals surface area contributed by atoms with E-state index in [2.05, 4.69) is 53.5 Å². The van der Waals surface area contributed by atoms with E-state index in [1.807, 2.05) is 66.7 Å². The highest BCUT2D eigenvalue weighted by molar-refractivity contribution is 6.04. The summed E-state index contributed by atoms with van der Waals surface area (Å²) in [5, 5.41) is 3.14. The molecule has 5 rings (SSSR count). The molecule has 0 aromatic heterocycles. The molecule has 1 fully saturated rings. The van der Waals surface area contributed by atoms with E-state index >= 15 is 0 Å². The fraction of sp³-hybridized carbons (Fsp3) is 0.297. The SMILES string of the molecule is CCCNC(=O)C(c1ccccc1)C1CCN(c2ccc(CC(=O)c3ccccc3-c3ccccc3OC)cc2)CC1. The Hall–Kier alpha value is -4.38. The van der Waals surface area contributed by atoms with Gasteiger partial charge in [0.25, 0.3) is 0 Å². The number of rotatable bonds is 11. The predicted octanol–water partition coefficient (Wildman–Crippen LogP) is 7.31. The molecule has 0 saturated carbocycles. The maximum atomic E-state index is 13.4. The lowest BCUT2D eigenvalue weighted by molar-refractivity contribution is -0.124. The summed E-state index contributed by atoms with van der Waals surface area (Å²) in [6, 6.07) is 34.1. The Morgan fingerprint density at radius 1 is 0.833 bits per heavy atom. The molecular formula is C37H40N2O3.